The van der Waals surface area contributed by atoms with Crippen molar-refractivity contribution in [1.29, 1.82) is 0 Å². The Balaban J connectivity index is 1.36. The van der Waals surface area contributed by atoms with Crippen molar-refractivity contribution >= 4 is 17.6 Å². The predicted octanol–water partition coefficient (Wildman–Crippen LogP) is 6.88. The van der Waals surface area contributed by atoms with E-state index in [9.17, 15) is 22.8 Å². The van der Waals surface area contributed by atoms with Crippen LogP contribution in [-0.4, -0.2) is 23.5 Å². The highest BCUT2D eigenvalue weighted by Gasteiger charge is 2.30. The molecule has 4 aromatic carbocycles. The lowest BCUT2D eigenvalue weighted by atomic mass is 9.95. The highest BCUT2D eigenvalue weighted by atomic mass is 19.4. The van der Waals surface area contributed by atoms with E-state index in [1.165, 1.54) is 34.4 Å². The van der Waals surface area contributed by atoms with Crippen molar-refractivity contribution in [3.05, 3.63) is 124 Å². The number of halogens is 3. The Morgan fingerprint density at radius 3 is 2.25 bits per heavy atom. The van der Waals surface area contributed by atoms with Gasteiger partial charge >= 0.3 is 12.1 Å². The van der Waals surface area contributed by atoms with Gasteiger partial charge in [-0.15, -0.1) is 0 Å². The molecule has 40 heavy (non-hydrogen) atoms. The lowest BCUT2D eigenvalue weighted by molar-refractivity contribution is -0.138. The summed E-state index contributed by atoms with van der Waals surface area (Å²) in [5.41, 5.74) is 7.06. The number of carboxylic acids is 1. The minimum absolute atomic E-state index is 0.0238. The summed E-state index contributed by atoms with van der Waals surface area (Å²) >= 11 is 0. The molecule has 4 aromatic rings. The van der Waals surface area contributed by atoms with Gasteiger partial charge in [0.2, 0.25) is 0 Å². The van der Waals surface area contributed by atoms with Gasteiger partial charge in [-0.1, -0.05) is 54.6 Å². The smallest absolute Gasteiger partial charge is 0.416 e. The average molecular weight is 545 g/mol. The minimum atomic E-state index is -4.42. The molecule has 0 saturated carbocycles. The molecule has 0 bridgehead atoms. The van der Waals surface area contributed by atoms with Crippen LogP contribution in [0.25, 0.3) is 11.1 Å². The second kappa shape index (κ2) is 11.3. The molecule has 1 aliphatic carbocycles. The van der Waals surface area contributed by atoms with Crippen LogP contribution in [0, 0.1) is 0 Å². The average Bonchev–Trinajstić information content (AvgIpc) is 3.30. The summed E-state index contributed by atoms with van der Waals surface area (Å²) in [4.78, 5) is 23.0. The highest BCUT2D eigenvalue weighted by Crippen LogP contribution is 2.38. The standard InChI is InChI=1S/C32H27F3N2O3/c33-32(34,35)25-10-6-21(7-11-25)29(37-26-12-8-22(9-13-26)31(40)36-16-15-30(38)39)18-20-5-14-28-24(17-20)19-23-3-1-2-4-27(23)28/h1-14,17,29,37H,15-16,18-19H2,(H,36,40)(H,38,39). The number of carbonyl (C=O) groups is 2. The van der Waals surface area contributed by atoms with Gasteiger partial charge in [0.05, 0.1) is 18.0 Å². The fourth-order valence-electron chi connectivity index (χ4n) is 5.02. The zero-order valence-electron chi connectivity index (χ0n) is 21.5. The van der Waals surface area contributed by atoms with Crippen LogP contribution in [0.3, 0.4) is 0 Å². The van der Waals surface area contributed by atoms with Crippen molar-refractivity contribution in [2.75, 3.05) is 11.9 Å². The number of fused-ring (bicyclic) bond motifs is 3. The Kier molecular flexibility index (Phi) is 7.60. The van der Waals surface area contributed by atoms with Gasteiger partial charge in [-0.25, -0.2) is 0 Å². The van der Waals surface area contributed by atoms with Crippen LogP contribution in [0.2, 0.25) is 0 Å². The van der Waals surface area contributed by atoms with Crippen LogP contribution in [0.5, 0.6) is 0 Å². The van der Waals surface area contributed by atoms with E-state index in [0.717, 1.165) is 24.1 Å². The number of anilines is 1. The molecule has 0 fully saturated rings. The van der Waals surface area contributed by atoms with Crippen LogP contribution in [0.15, 0.2) is 91.0 Å². The van der Waals surface area contributed by atoms with Gasteiger partial charge in [0.25, 0.3) is 5.91 Å². The Labute approximate surface area is 229 Å². The van der Waals surface area contributed by atoms with Crippen LogP contribution in [0.1, 0.15) is 50.6 Å². The van der Waals surface area contributed by atoms with Gasteiger partial charge in [-0.3, -0.25) is 9.59 Å². The van der Waals surface area contributed by atoms with E-state index in [1.807, 2.05) is 12.1 Å². The number of nitrogens with one attached hydrogen (secondary N) is 2. The number of hydrogen-bond acceptors (Lipinski definition) is 3. The first-order valence-corrected chi connectivity index (χ1v) is 12.9. The third-order valence-corrected chi connectivity index (χ3v) is 7.05. The highest BCUT2D eigenvalue weighted by molar-refractivity contribution is 5.94. The second-order valence-corrected chi connectivity index (χ2v) is 9.82. The molecule has 8 heteroatoms. The van der Waals surface area contributed by atoms with Gasteiger partial charge in [0.15, 0.2) is 0 Å². The molecule has 1 aliphatic rings. The van der Waals surface area contributed by atoms with Crippen molar-refractivity contribution in [3.63, 3.8) is 0 Å². The maximum Gasteiger partial charge on any atom is 0.416 e. The molecule has 3 N–H and O–H groups in total. The lowest BCUT2D eigenvalue weighted by Crippen LogP contribution is -2.25. The fraction of sp³-hybridized carbons (Fsp3) is 0.188. The first kappa shape index (κ1) is 27.0. The molecular formula is C32H27F3N2O3. The van der Waals surface area contributed by atoms with Crippen molar-refractivity contribution in [1.82, 2.24) is 5.32 Å². The van der Waals surface area contributed by atoms with E-state index < -0.39 is 17.7 Å². The number of amides is 1. The fourth-order valence-corrected chi connectivity index (χ4v) is 5.02. The minimum Gasteiger partial charge on any atom is -0.481 e. The van der Waals surface area contributed by atoms with Gasteiger partial charge in [0.1, 0.15) is 0 Å². The number of aliphatic carboxylic acids is 1. The van der Waals surface area contributed by atoms with E-state index in [2.05, 4.69) is 41.0 Å². The molecule has 5 rings (SSSR count). The summed E-state index contributed by atoms with van der Waals surface area (Å²) < 4.78 is 39.6. The zero-order valence-corrected chi connectivity index (χ0v) is 21.5. The molecule has 0 aliphatic heterocycles. The van der Waals surface area contributed by atoms with E-state index in [1.54, 1.807) is 24.3 Å². The quantitative estimate of drug-likeness (QED) is 0.189. The third-order valence-electron chi connectivity index (χ3n) is 7.05. The normalized spacial score (nSPS) is 12.8. The van der Waals surface area contributed by atoms with Gasteiger partial charge in [0, 0.05) is 17.8 Å². The number of hydrogen-bond donors (Lipinski definition) is 3. The van der Waals surface area contributed by atoms with Crippen molar-refractivity contribution in [3.8, 4) is 11.1 Å². The molecule has 0 radical (unpaired) electrons. The summed E-state index contributed by atoms with van der Waals surface area (Å²) in [6.07, 6.45) is -3.22. The van der Waals surface area contributed by atoms with E-state index in [4.69, 9.17) is 5.11 Å². The number of benzene rings is 4. The Bertz CT molecular complexity index is 1530. The van der Waals surface area contributed by atoms with Crippen molar-refractivity contribution < 1.29 is 27.9 Å². The Morgan fingerprint density at radius 1 is 0.850 bits per heavy atom. The number of carboxylic acid groups (broad SMARTS) is 1. The predicted molar refractivity (Wildman–Crippen MR) is 147 cm³/mol. The van der Waals surface area contributed by atoms with Crippen molar-refractivity contribution in [2.24, 2.45) is 0 Å². The van der Waals surface area contributed by atoms with Crippen LogP contribution < -0.4 is 10.6 Å². The first-order valence-electron chi connectivity index (χ1n) is 12.9. The molecular weight excluding hydrogens is 517 g/mol. The van der Waals surface area contributed by atoms with Gasteiger partial charge < -0.3 is 15.7 Å². The van der Waals surface area contributed by atoms with E-state index in [0.29, 0.717) is 23.2 Å². The molecule has 0 aromatic heterocycles. The van der Waals surface area contributed by atoms with Crippen LogP contribution in [-0.2, 0) is 23.8 Å². The second-order valence-electron chi connectivity index (χ2n) is 9.82. The Hall–Kier alpha value is -4.59. The molecule has 1 amide bonds. The van der Waals surface area contributed by atoms with Crippen molar-refractivity contribution in [2.45, 2.75) is 31.5 Å². The summed E-state index contributed by atoms with van der Waals surface area (Å²) in [7, 11) is 0. The van der Waals surface area contributed by atoms with Gasteiger partial charge in [-0.05, 0) is 82.6 Å². The first-order chi connectivity index (χ1) is 19.2. The molecule has 0 saturated heterocycles. The maximum atomic E-state index is 13.2. The molecule has 204 valence electrons. The monoisotopic (exact) mass is 544 g/mol. The number of carbonyl (C=O) groups excluding carboxylic acids is 1. The Morgan fingerprint density at radius 2 is 1.55 bits per heavy atom. The topological polar surface area (TPSA) is 78.4 Å². The lowest BCUT2D eigenvalue weighted by Gasteiger charge is -2.22. The molecule has 1 unspecified atom stereocenters. The van der Waals surface area contributed by atoms with Gasteiger partial charge in [-0.2, -0.15) is 13.2 Å². The molecule has 5 nitrogen and oxygen atoms in total. The summed E-state index contributed by atoms with van der Waals surface area (Å²) in [6.45, 7) is 0.0238. The van der Waals surface area contributed by atoms with E-state index >= 15 is 0 Å². The summed E-state index contributed by atoms with van der Waals surface area (Å²) in [6, 6.07) is 26.2. The third kappa shape index (κ3) is 6.17. The van der Waals surface area contributed by atoms with Crippen LogP contribution >= 0.6 is 0 Å². The maximum absolute atomic E-state index is 13.2. The number of alkyl halides is 3. The summed E-state index contributed by atoms with van der Waals surface area (Å²) in [5, 5.41) is 14.7. The van der Waals surface area contributed by atoms with E-state index in [-0.39, 0.29) is 24.9 Å². The SMILES string of the molecule is O=C(O)CCNC(=O)c1ccc(NC(Cc2ccc3c(c2)Cc2ccccc2-3)c2ccc(C(F)(F)F)cc2)cc1. The number of rotatable bonds is 9. The molecule has 1 atom stereocenters. The molecule has 0 spiro atoms. The largest absolute Gasteiger partial charge is 0.481 e. The summed E-state index contributed by atoms with van der Waals surface area (Å²) in [5.74, 6) is -1.38. The molecule has 0 heterocycles. The zero-order chi connectivity index (χ0) is 28.3. The van der Waals surface area contributed by atoms with Crippen LogP contribution in [0.4, 0.5) is 18.9 Å².